The third-order valence-electron chi connectivity index (χ3n) is 6.72. The summed E-state index contributed by atoms with van der Waals surface area (Å²) in [6, 6.07) is 22.1. The summed E-state index contributed by atoms with van der Waals surface area (Å²) in [7, 11) is 0. The summed E-state index contributed by atoms with van der Waals surface area (Å²) in [6.07, 6.45) is -7.89. The number of halogens is 6. The minimum Gasteiger partial charge on any atom is -0.478 e. The van der Waals surface area contributed by atoms with Crippen LogP contribution < -0.4 is 5.73 Å². The van der Waals surface area contributed by atoms with E-state index in [1.165, 1.54) is 29.8 Å². The molecule has 0 aliphatic carbocycles. The predicted octanol–water partition coefficient (Wildman–Crippen LogP) is 7.92. The van der Waals surface area contributed by atoms with Gasteiger partial charge in [0, 0.05) is 25.3 Å². The predicted molar refractivity (Wildman–Crippen MR) is 144 cm³/mol. The highest BCUT2D eigenvalue weighted by atomic mass is 19.4. The van der Waals surface area contributed by atoms with Gasteiger partial charge in [-0.2, -0.15) is 26.3 Å². The maximum Gasteiger partial charge on any atom is 0.416 e. The van der Waals surface area contributed by atoms with Crippen molar-refractivity contribution in [2.75, 3.05) is 12.3 Å². The maximum atomic E-state index is 13.1. The highest BCUT2D eigenvalue weighted by Gasteiger charge is 2.33. The Kier molecular flexibility index (Phi) is 8.72. The van der Waals surface area contributed by atoms with Gasteiger partial charge in [-0.3, -0.25) is 4.90 Å². The molecule has 5 rings (SSSR count). The molecule has 0 unspecified atom stereocenters. The van der Waals surface area contributed by atoms with Gasteiger partial charge in [0.15, 0.2) is 0 Å². The fraction of sp³-hybridized carbons (Fsp3) is 0.194. The first kappa shape index (κ1) is 29.7. The van der Waals surface area contributed by atoms with Gasteiger partial charge < -0.3 is 10.8 Å². The van der Waals surface area contributed by atoms with Crippen LogP contribution in [0.25, 0.3) is 11.1 Å². The average Bonchev–Trinajstić information content (AvgIpc) is 2.93. The second-order valence-corrected chi connectivity index (χ2v) is 9.57. The van der Waals surface area contributed by atoms with Crippen LogP contribution in [0.4, 0.5) is 32.0 Å². The molecule has 4 nitrogen and oxygen atoms in total. The molecule has 3 N–H and O–H groups in total. The summed E-state index contributed by atoms with van der Waals surface area (Å²) < 4.78 is 76.5. The average molecular weight is 573 g/mol. The number of hydrogen-bond donors (Lipinski definition) is 2. The van der Waals surface area contributed by atoms with Crippen molar-refractivity contribution in [3.63, 3.8) is 0 Å². The highest BCUT2D eigenvalue weighted by molar-refractivity contribution is 5.96. The van der Waals surface area contributed by atoms with E-state index in [-0.39, 0.29) is 5.56 Å². The Bertz CT molecular complexity index is 1510. The Morgan fingerprint density at radius 2 is 1.46 bits per heavy atom. The second kappa shape index (κ2) is 12.1. The number of benzene rings is 4. The summed E-state index contributed by atoms with van der Waals surface area (Å²) in [5.41, 5.74) is 8.75. The van der Waals surface area contributed by atoms with Crippen molar-refractivity contribution in [3.8, 4) is 11.1 Å². The molecule has 0 aromatic heterocycles. The van der Waals surface area contributed by atoms with Crippen LogP contribution in [0, 0.1) is 0 Å². The van der Waals surface area contributed by atoms with E-state index in [9.17, 15) is 31.1 Å². The molecule has 0 spiro atoms. The Labute approximate surface area is 232 Å². The summed E-state index contributed by atoms with van der Waals surface area (Å²) in [5.74, 6) is -1.12. The van der Waals surface area contributed by atoms with E-state index in [0.717, 1.165) is 42.4 Å². The van der Waals surface area contributed by atoms with E-state index in [2.05, 4.69) is 0 Å². The topological polar surface area (TPSA) is 66.6 Å². The fourth-order valence-corrected chi connectivity index (χ4v) is 4.70. The van der Waals surface area contributed by atoms with E-state index in [1.54, 1.807) is 30.3 Å². The number of carboxylic acid groups (broad SMARTS) is 1. The minimum atomic E-state index is -4.40. The van der Waals surface area contributed by atoms with Crippen LogP contribution in [0.1, 0.15) is 38.2 Å². The number of rotatable bonds is 4. The van der Waals surface area contributed by atoms with Gasteiger partial charge in [-0.25, -0.2) is 4.79 Å². The molecule has 0 bridgehead atoms. The summed E-state index contributed by atoms with van der Waals surface area (Å²) >= 11 is 0. The zero-order chi connectivity index (χ0) is 29.8. The van der Waals surface area contributed by atoms with Crippen molar-refractivity contribution in [1.29, 1.82) is 0 Å². The molecule has 0 saturated heterocycles. The Hall–Kier alpha value is -4.31. The number of carbonyl (C=O) groups is 1. The van der Waals surface area contributed by atoms with Gasteiger partial charge >= 0.3 is 18.3 Å². The number of aromatic carboxylic acids is 1. The number of anilines is 1. The molecule has 4 aromatic carbocycles. The number of nitrogens with two attached hydrogens (primary N) is 1. The van der Waals surface area contributed by atoms with Crippen molar-refractivity contribution in [2.45, 2.75) is 31.9 Å². The summed E-state index contributed by atoms with van der Waals surface area (Å²) in [5, 5.41) is 9.03. The zero-order valence-corrected chi connectivity index (χ0v) is 21.6. The lowest BCUT2D eigenvalue weighted by molar-refractivity contribution is -0.139. The number of nitrogens with zero attached hydrogens (tertiary/aromatic N) is 1. The fourth-order valence-electron chi connectivity index (χ4n) is 4.70. The molecule has 4 aromatic rings. The van der Waals surface area contributed by atoms with Crippen molar-refractivity contribution in [2.24, 2.45) is 0 Å². The number of carboxylic acids is 1. The van der Waals surface area contributed by atoms with Crippen LogP contribution in [-0.4, -0.2) is 22.5 Å². The molecule has 214 valence electrons. The smallest absolute Gasteiger partial charge is 0.416 e. The lowest BCUT2D eigenvalue weighted by atomic mass is 9.98. The van der Waals surface area contributed by atoms with Crippen LogP contribution in [0.2, 0.25) is 0 Å². The maximum absolute atomic E-state index is 13.1. The first-order chi connectivity index (χ1) is 19.3. The Morgan fingerprint density at radius 3 is 2.12 bits per heavy atom. The first-order valence-corrected chi connectivity index (χ1v) is 12.6. The highest BCUT2D eigenvalue weighted by Crippen LogP contribution is 2.34. The third kappa shape index (κ3) is 7.46. The molecular formula is C31H26F6N2O2. The number of nitrogen functional groups attached to an aromatic ring is 1. The molecule has 1 aliphatic heterocycles. The van der Waals surface area contributed by atoms with Crippen LogP contribution >= 0.6 is 0 Å². The summed E-state index contributed by atoms with van der Waals surface area (Å²) in [6.45, 7) is 1.70. The molecule has 0 fully saturated rings. The van der Waals surface area contributed by atoms with Crippen LogP contribution in [-0.2, 0) is 31.9 Å². The van der Waals surface area contributed by atoms with Gasteiger partial charge in [0.25, 0.3) is 0 Å². The molecular weight excluding hydrogens is 546 g/mol. The third-order valence-corrected chi connectivity index (χ3v) is 6.72. The normalized spacial score (nSPS) is 13.6. The number of alkyl halides is 6. The van der Waals surface area contributed by atoms with Crippen molar-refractivity contribution < 1.29 is 36.2 Å². The Balaban J connectivity index is 0.000000191. The van der Waals surface area contributed by atoms with Gasteiger partial charge in [0.05, 0.1) is 16.7 Å². The van der Waals surface area contributed by atoms with Gasteiger partial charge in [0.1, 0.15) is 0 Å². The van der Waals surface area contributed by atoms with Crippen molar-refractivity contribution >= 4 is 11.7 Å². The molecule has 1 aliphatic rings. The standard InChI is InChI=1S/C17H17F3N2.C14H9F3O2/c18-17(19,20)16-4-2-1-3-14(16)11-22-8-7-12-9-15(21)6-5-13(12)10-22;15-14(16,17)10-7-5-9(6-8-10)11-3-1-2-4-12(11)13(18)19/h1-6,9H,7-8,10-11,21H2;1-8H,(H,18,19). The van der Waals surface area contributed by atoms with Crippen LogP contribution in [0.5, 0.6) is 0 Å². The first-order valence-electron chi connectivity index (χ1n) is 12.6. The molecule has 41 heavy (non-hydrogen) atoms. The Morgan fingerprint density at radius 1 is 0.805 bits per heavy atom. The molecule has 1 heterocycles. The molecule has 0 atom stereocenters. The number of hydrogen-bond acceptors (Lipinski definition) is 3. The van der Waals surface area contributed by atoms with Gasteiger partial charge in [-0.1, -0.05) is 54.6 Å². The monoisotopic (exact) mass is 572 g/mol. The second-order valence-electron chi connectivity index (χ2n) is 9.57. The quantitative estimate of drug-likeness (QED) is 0.193. The van der Waals surface area contributed by atoms with Crippen LogP contribution in [0.3, 0.4) is 0 Å². The van der Waals surface area contributed by atoms with Crippen LogP contribution in [0.15, 0.2) is 91.0 Å². The van der Waals surface area contributed by atoms with Gasteiger partial charge in [-0.15, -0.1) is 0 Å². The van der Waals surface area contributed by atoms with E-state index in [1.807, 2.05) is 23.1 Å². The SMILES string of the molecule is Nc1ccc2c(c1)CCN(Cc1ccccc1C(F)(F)F)C2.O=C(O)c1ccccc1-c1ccc(C(F)(F)F)cc1. The van der Waals surface area contributed by atoms with Gasteiger partial charge in [-0.05, 0) is 70.6 Å². The number of fused-ring (bicyclic) bond motifs is 1. The molecule has 0 amide bonds. The van der Waals surface area contributed by atoms with Crippen molar-refractivity contribution in [3.05, 3.63) is 124 Å². The van der Waals surface area contributed by atoms with E-state index in [4.69, 9.17) is 10.8 Å². The molecule has 0 saturated carbocycles. The van der Waals surface area contributed by atoms with Gasteiger partial charge in [0.2, 0.25) is 0 Å². The van der Waals surface area contributed by atoms with E-state index < -0.39 is 29.4 Å². The van der Waals surface area contributed by atoms with Crippen molar-refractivity contribution in [1.82, 2.24) is 4.90 Å². The summed E-state index contributed by atoms with van der Waals surface area (Å²) in [4.78, 5) is 13.1. The van der Waals surface area contributed by atoms with E-state index >= 15 is 0 Å². The molecule has 0 radical (unpaired) electrons. The molecule has 10 heteroatoms. The van der Waals surface area contributed by atoms with E-state index in [0.29, 0.717) is 29.8 Å². The lowest BCUT2D eigenvalue weighted by Crippen LogP contribution is -2.31. The minimum absolute atomic E-state index is 0.0576. The zero-order valence-electron chi connectivity index (χ0n) is 21.6. The largest absolute Gasteiger partial charge is 0.478 e. The lowest BCUT2D eigenvalue weighted by Gasteiger charge is -2.29.